The molecule has 0 atom stereocenters. The highest BCUT2D eigenvalue weighted by Crippen LogP contribution is 2.00. The van der Waals surface area contributed by atoms with Crippen molar-refractivity contribution in [1.29, 1.82) is 0 Å². The van der Waals surface area contributed by atoms with Crippen LogP contribution in [0.4, 0.5) is 0 Å². The summed E-state index contributed by atoms with van der Waals surface area (Å²) in [4.78, 5) is 16.9. The minimum absolute atomic E-state index is 0.163. The largest absolute Gasteiger partial charge is 0.395 e. The van der Waals surface area contributed by atoms with Crippen LogP contribution in [0.15, 0.2) is 5.18 Å². The van der Waals surface area contributed by atoms with Gasteiger partial charge in [0.2, 0.25) is 0 Å². The maximum absolute atomic E-state index is 10.2. The van der Waals surface area contributed by atoms with Gasteiger partial charge >= 0.3 is 0 Å². The van der Waals surface area contributed by atoms with Gasteiger partial charge in [0.1, 0.15) is 0 Å². The van der Waals surface area contributed by atoms with E-state index in [1.54, 1.807) is 0 Å². The molecule has 0 saturated carbocycles. The van der Waals surface area contributed by atoms with Gasteiger partial charge in [-0.2, -0.15) is 4.91 Å². The quantitative estimate of drug-likeness (QED) is 0.559. The van der Waals surface area contributed by atoms with Crippen molar-refractivity contribution in [3.8, 4) is 0 Å². The first-order valence-corrected chi connectivity index (χ1v) is 6.98. The molecule has 1 fully saturated rings. The van der Waals surface area contributed by atoms with Crippen LogP contribution in [0.2, 0.25) is 0 Å². The Morgan fingerprint density at radius 1 is 0.737 bits per heavy atom. The summed E-state index contributed by atoms with van der Waals surface area (Å²) in [6, 6.07) is 0. The summed E-state index contributed by atoms with van der Waals surface area (Å²) in [5, 5.41) is 21.0. The molecule has 1 aliphatic rings. The van der Waals surface area contributed by atoms with Crippen LogP contribution in [0.3, 0.4) is 0 Å². The Kier molecular flexibility index (Phi) is 8.85. The van der Waals surface area contributed by atoms with Crippen molar-refractivity contribution in [2.45, 2.75) is 0 Å². The van der Waals surface area contributed by atoms with Crippen LogP contribution < -0.4 is 0 Å². The Morgan fingerprint density at radius 2 is 1.11 bits per heavy atom. The number of rotatable bonds is 7. The molecule has 0 aliphatic carbocycles. The summed E-state index contributed by atoms with van der Waals surface area (Å²) < 4.78 is 0. The minimum Gasteiger partial charge on any atom is -0.395 e. The lowest BCUT2D eigenvalue weighted by molar-refractivity contribution is 0.161. The van der Waals surface area contributed by atoms with Crippen molar-refractivity contribution in [3.63, 3.8) is 0 Å². The highest BCUT2D eigenvalue weighted by atomic mass is 16.3. The van der Waals surface area contributed by atoms with Gasteiger partial charge in [-0.15, -0.1) is 0 Å². The summed E-state index contributed by atoms with van der Waals surface area (Å²) in [6.07, 6.45) is 0. The van der Waals surface area contributed by atoms with Crippen molar-refractivity contribution in [3.05, 3.63) is 4.91 Å². The highest BCUT2D eigenvalue weighted by Gasteiger charge is 2.15. The first-order chi connectivity index (χ1) is 9.30. The monoisotopic (exact) mass is 274 g/mol. The molecule has 1 saturated heterocycles. The molecule has 0 amide bonds. The first-order valence-electron chi connectivity index (χ1n) is 6.98. The van der Waals surface area contributed by atoms with Gasteiger partial charge < -0.3 is 10.2 Å². The molecule has 7 nitrogen and oxygen atoms in total. The number of hydrogen-bond acceptors (Lipinski definition) is 7. The Morgan fingerprint density at radius 3 is 1.42 bits per heavy atom. The molecule has 2 N–H and O–H groups in total. The summed E-state index contributed by atoms with van der Waals surface area (Å²) in [7, 11) is 0. The van der Waals surface area contributed by atoms with Crippen LogP contribution in [0.1, 0.15) is 0 Å². The number of β-amino-alcohol motifs (C(OH)–C–C–N with tert-alkyl or cyclic N) is 2. The molecule has 1 heterocycles. The molecule has 0 aromatic rings. The highest BCUT2D eigenvalue weighted by molar-refractivity contribution is 4.72. The zero-order chi connectivity index (χ0) is 13.9. The second-order valence-corrected chi connectivity index (χ2v) is 4.82. The van der Waals surface area contributed by atoms with Gasteiger partial charge in [-0.25, -0.2) is 0 Å². The van der Waals surface area contributed by atoms with Crippen LogP contribution in [-0.2, 0) is 0 Å². The van der Waals surface area contributed by atoms with Gasteiger partial charge in [0.15, 0.2) is 0 Å². The molecule has 0 aromatic carbocycles. The van der Waals surface area contributed by atoms with E-state index in [0.29, 0.717) is 26.2 Å². The fraction of sp³-hybridized carbons (Fsp3) is 1.00. The molecule has 0 aromatic heterocycles. The molecule has 0 radical (unpaired) electrons. The Balaban J connectivity index is 2.51. The fourth-order valence-corrected chi connectivity index (χ4v) is 2.32. The molecule has 19 heavy (non-hydrogen) atoms. The van der Waals surface area contributed by atoms with E-state index in [1.165, 1.54) is 0 Å². The molecule has 0 unspecified atom stereocenters. The van der Waals surface area contributed by atoms with E-state index in [-0.39, 0.29) is 13.2 Å². The third kappa shape index (κ3) is 6.93. The second-order valence-electron chi connectivity index (χ2n) is 4.82. The molecule has 1 aliphatic heterocycles. The van der Waals surface area contributed by atoms with E-state index >= 15 is 0 Å². The Bertz CT molecular complexity index is 225. The van der Waals surface area contributed by atoms with Crippen LogP contribution >= 0.6 is 0 Å². The summed E-state index contributed by atoms with van der Waals surface area (Å²) >= 11 is 0. The van der Waals surface area contributed by atoms with Crippen LogP contribution in [0.25, 0.3) is 0 Å². The standard InChI is InChI=1S/C12H26N4O3/c17-11-9-15-5-3-14(2-1-13-19)4-6-16(8-7-15)10-12-18/h17-18H,1-12H2. The number of nitroso groups, excluding NO2 is 1. The van der Waals surface area contributed by atoms with Gasteiger partial charge in [0.25, 0.3) is 0 Å². The van der Waals surface area contributed by atoms with E-state index in [0.717, 1.165) is 39.3 Å². The van der Waals surface area contributed by atoms with E-state index in [4.69, 9.17) is 10.2 Å². The normalized spacial score (nSPS) is 20.7. The summed E-state index contributed by atoms with van der Waals surface area (Å²) in [5.41, 5.74) is 0. The topological polar surface area (TPSA) is 79.6 Å². The van der Waals surface area contributed by atoms with Crippen molar-refractivity contribution < 1.29 is 10.2 Å². The summed E-state index contributed by atoms with van der Waals surface area (Å²) in [6.45, 7) is 8.05. The smallest absolute Gasteiger partial charge is 0.0938 e. The van der Waals surface area contributed by atoms with Crippen molar-refractivity contribution in [1.82, 2.24) is 14.7 Å². The van der Waals surface area contributed by atoms with Crippen LogP contribution in [0.5, 0.6) is 0 Å². The second kappa shape index (κ2) is 10.2. The lowest BCUT2D eigenvalue weighted by atomic mass is 10.4. The van der Waals surface area contributed by atoms with Gasteiger partial charge in [-0.1, -0.05) is 5.18 Å². The summed E-state index contributed by atoms with van der Waals surface area (Å²) in [5.74, 6) is 0. The first kappa shape index (κ1) is 16.5. The lowest BCUT2D eigenvalue weighted by Gasteiger charge is -2.24. The van der Waals surface area contributed by atoms with Crippen molar-refractivity contribution in [2.75, 3.05) is 78.7 Å². The zero-order valence-electron chi connectivity index (χ0n) is 11.6. The Labute approximate surface area is 114 Å². The number of aliphatic hydroxyl groups excluding tert-OH is 2. The maximum Gasteiger partial charge on any atom is 0.0938 e. The van der Waals surface area contributed by atoms with E-state index in [2.05, 4.69) is 19.9 Å². The lowest BCUT2D eigenvalue weighted by Crippen LogP contribution is -2.38. The SMILES string of the molecule is O=NCCN1CCN(CCO)CCN(CCO)CC1. The fourth-order valence-electron chi connectivity index (χ4n) is 2.32. The third-order valence-electron chi connectivity index (χ3n) is 3.54. The van der Waals surface area contributed by atoms with E-state index < -0.39 is 0 Å². The molecule has 7 heteroatoms. The van der Waals surface area contributed by atoms with Gasteiger partial charge in [0.05, 0.1) is 19.8 Å². The predicted molar refractivity (Wildman–Crippen MR) is 74.2 cm³/mol. The van der Waals surface area contributed by atoms with Crippen LogP contribution in [-0.4, -0.2) is 104 Å². The molecular weight excluding hydrogens is 248 g/mol. The molecule has 112 valence electrons. The van der Waals surface area contributed by atoms with E-state index in [1.807, 2.05) is 0 Å². The number of aliphatic hydroxyl groups is 2. The van der Waals surface area contributed by atoms with Gasteiger partial charge in [-0.3, -0.25) is 14.7 Å². The maximum atomic E-state index is 10.2. The third-order valence-corrected chi connectivity index (χ3v) is 3.54. The van der Waals surface area contributed by atoms with Gasteiger partial charge in [-0.05, 0) is 0 Å². The zero-order valence-corrected chi connectivity index (χ0v) is 11.6. The predicted octanol–water partition coefficient (Wildman–Crippen LogP) is -1.34. The minimum atomic E-state index is 0.163. The van der Waals surface area contributed by atoms with Crippen molar-refractivity contribution in [2.24, 2.45) is 5.18 Å². The van der Waals surface area contributed by atoms with E-state index in [9.17, 15) is 4.91 Å². The average Bonchev–Trinajstić information content (AvgIpc) is 2.50. The molecule has 0 spiro atoms. The average molecular weight is 274 g/mol. The molecular formula is C12H26N4O3. The molecule has 0 bridgehead atoms. The number of nitrogens with zero attached hydrogens (tertiary/aromatic N) is 4. The number of hydrogen-bond donors (Lipinski definition) is 2. The van der Waals surface area contributed by atoms with Crippen molar-refractivity contribution >= 4 is 0 Å². The molecule has 1 rings (SSSR count). The van der Waals surface area contributed by atoms with Crippen LogP contribution in [0, 0.1) is 4.91 Å². The van der Waals surface area contributed by atoms with Gasteiger partial charge in [0, 0.05) is 58.9 Å². The Hall–Kier alpha value is -0.600.